The predicted molar refractivity (Wildman–Crippen MR) is 245 cm³/mol. The summed E-state index contributed by atoms with van der Waals surface area (Å²) < 4.78 is 64.4. The maximum Gasteiger partial charge on any atom is 0.317 e. The van der Waals surface area contributed by atoms with Crippen LogP contribution in [0.3, 0.4) is 0 Å². The fourth-order valence-corrected chi connectivity index (χ4v) is 30.8. The summed E-state index contributed by atoms with van der Waals surface area (Å²) in [6.45, 7) is 13.7. The van der Waals surface area contributed by atoms with Crippen molar-refractivity contribution < 1.29 is 65.3 Å². The molecular weight excluding hydrogens is 865 g/mol. The molecule has 4 unspecified atom stereocenters. The van der Waals surface area contributed by atoms with Crippen molar-refractivity contribution in [3.63, 3.8) is 0 Å². The smallest absolute Gasteiger partial charge is 0.317 e. The van der Waals surface area contributed by atoms with Crippen LogP contribution in [0.4, 0.5) is 0 Å². The molecule has 14 nitrogen and oxygen atoms in total. The van der Waals surface area contributed by atoms with Gasteiger partial charge in [-0.05, 0) is 162 Å². The standard InChI is InChI=1S/C44H64O14Si4/c1-33-29-35(13-17-39(33)45)51-21-9-25-59(5)55-60(6,26-10-22-52-36-14-18-40(46)34(2)30-36)57-62(8,28-12-24-54-38-16-20-42(48)44(32-38)50-4)58-61(7,56-59)27-11-23-53-37-15-19-41(47)43(31-37)49-3/h13-20,29-32,45-48H,9-12,21-28H2,1-8H3. The first kappa shape index (κ1) is 48.6. The third kappa shape index (κ3) is 14.3. The van der Waals surface area contributed by atoms with Gasteiger partial charge < -0.3 is 65.3 Å². The number of phenolic OH excluding ortho intramolecular Hbond substituents is 4. The lowest BCUT2D eigenvalue weighted by Gasteiger charge is -2.50. The van der Waals surface area contributed by atoms with Crippen LogP contribution in [0.25, 0.3) is 0 Å². The second-order valence-electron chi connectivity index (χ2n) is 16.3. The number of phenols is 4. The summed E-state index contributed by atoms with van der Waals surface area (Å²) in [6, 6.07) is 22.8. The minimum Gasteiger partial charge on any atom is -0.508 e. The summed E-state index contributed by atoms with van der Waals surface area (Å²) in [5.74, 6) is 3.72. The minimum atomic E-state index is -3.04. The van der Waals surface area contributed by atoms with Crippen LogP contribution in [-0.4, -0.2) is 95.3 Å². The van der Waals surface area contributed by atoms with E-state index in [-0.39, 0.29) is 23.0 Å². The van der Waals surface area contributed by atoms with Gasteiger partial charge in [-0.2, -0.15) is 0 Å². The van der Waals surface area contributed by atoms with E-state index in [9.17, 15) is 20.4 Å². The quantitative estimate of drug-likeness (QED) is 0.0433. The highest BCUT2D eigenvalue weighted by atomic mass is 28.5. The van der Waals surface area contributed by atoms with Crippen molar-refractivity contribution in [1.82, 2.24) is 0 Å². The summed E-state index contributed by atoms with van der Waals surface area (Å²) in [4.78, 5) is 0. The SMILES string of the molecule is COc1cc(OCCC[Si]2(C)O[Si](C)(CCCOc3ccc(O)c(C)c3)O[Si](C)(CCCOc3ccc(O)c(C)c3)O[Si](C)(CCCOc3ccc(O)c(OC)c3)O2)ccc1O. The number of hydrogen-bond acceptors (Lipinski definition) is 14. The van der Waals surface area contributed by atoms with Gasteiger partial charge in [0.1, 0.15) is 34.5 Å². The molecule has 0 aliphatic carbocycles. The molecule has 4 aromatic carbocycles. The molecule has 1 aliphatic rings. The van der Waals surface area contributed by atoms with Gasteiger partial charge in [0.2, 0.25) is 0 Å². The first-order chi connectivity index (χ1) is 29.4. The Hall–Kier alpha value is -4.41. The Balaban J connectivity index is 1.35. The van der Waals surface area contributed by atoms with Gasteiger partial charge in [0.15, 0.2) is 23.0 Å². The van der Waals surface area contributed by atoms with Gasteiger partial charge in [-0.25, -0.2) is 0 Å². The van der Waals surface area contributed by atoms with Crippen LogP contribution in [0.2, 0.25) is 50.4 Å². The van der Waals surface area contributed by atoms with E-state index in [2.05, 4.69) is 26.2 Å². The molecule has 18 heteroatoms. The van der Waals surface area contributed by atoms with Crippen molar-refractivity contribution in [2.75, 3.05) is 40.6 Å². The van der Waals surface area contributed by atoms with Crippen LogP contribution in [0.15, 0.2) is 72.8 Å². The van der Waals surface area contributed by atoms with Gasteiger partial charge in [0.05, 0.1) is 40.6 Å². The second-order valence-corrected chi connectivity index (χ2v) is 30.7. The third-order valence-corrected chi connectivity index (χ3v) is 29.4. The highest BCUT2D eigenvalue weighted by molar-refractivity contribution is 6.93. The number of methoxy groups -OCH3 is 2. The summed E-state index contributed by atoms with van der Waals surface area (Å²) in [6.07, 6.45) is 2.61. The third-order valence-electron chi connectivity index (χ3n) is 10.5. The maximum atomic E-state index is 10.1. The molecule has 1 aliphatic heterocycles. The number of ether oxygens (including phenoxy) is 6. The van der Waals surface area contributed by atoms with Crippen LogP contribution in [-0.2, 0) is 16.5 Å². The Bertz CT molecular complexity index is 1940. The van der Waals surface area contributed by atoms with E-state index in [0.29, 0.717) is 111 Å². The summed E-state index contributed by atoms with van der Waals surface area (Å²) in [5, 5.41) is 40.2. The average Bonchev–Trinajstić information content (AvgIpc) is 3.21. The van der Waals surface area contributed by atoms with E-state index in [1.807, 2.05) is 26.0 Å². The van der Waals surface area contributed by atoms with E-state index >= 15 is 0 Å². The lowest BCUT2D eigenvalue weighted by Crippen LogP contribution is -2.67. The second kappa shape index (κ2) is 21.8. The van der Waals surface area contributed by atoms with Crippen molar-refractivity contribution in [1.29, 1.82) is 0 Å². The van der Waals surface area contributed by atoms with E-state index in [1.165, 1.54) is 14.2 Å². The topological polar surface area (TPSA) is 173 Å². The Morgan fingerprint density at radius 3 is 0.919 bits per heavy atom. The Labute approximate surface area is 370 Å². The molecule has 4 N–H and O–H groups in total. The molecule has 0 bridgehead atoms. The summed E-state index contributed by atoms with van der Waals surface area (Å²) >= 11 is 0. The molecule has 5 rings (SSSR count). The van der Waals surface area contributed by atoms with E-state index < -0.39 is 34.2 Å². The highest BCUT2D eigenvalue weighted by Gasteiger charge is 2.56. The molecule has 4 atom stereocenters. The maximum absolute atomic E-state index is 10.1. The number of aryl methyl sites for hydroxylation is 2. The summed E-state index contributed by atoms with van der Waals surface area (Å²) in [7, 11) is -9.13. The fraction of sp³-hybridized carbons (Fsp3) is 0.455. The molecule has 1 saturated heterocycles. The average molecular weight is 929 g/mol. The fourth-order valence-electron chi connectivity index (χ4n) is 7.58. The van der Waals surface area contributed by atoms with Crippen LogP contribution < -0.4 is 28.4 Å². The molecule has 0 radical (unpaired) electrons. The number of rotatable bonds is 22. The van der Waals surface area contributed by atoms with E-state index in [4.69, 9.17) is 44.9 Å². The van der Waals surface area contributed by atoms with Crippen molar-refractivity contribution in [3.8, 4) is 57.5 Å². The first-order valence-corrected chi connectivity index (χ1v) is 31.2. The molecular formula is C44H64O14Si4. The van der Waals surface area contributed by atoms with Gasteiger partial charge in [-0.3, -0.25) is 0 Å². The Morgan fingerprint density at radius 1 is 0.403 bits per heavy atom. The molecule has 4 aromatic rings. The van der Waals surface area contributed by atoms with Crippen molar-refractivity contribution >= 4 is 34.2 Å². The van der Waals surface area contributed by atoms with Crippen LogP contribution in [0, 0.1) is 13.8 Å². The largest absolute Gasteiger partial charge is 0.508 e. The lowest BCUT2D eigenvalue weighted by molar-refractivity contribution is 0.211. The van der Waals surface area contributed by atoms with Crippen molar-refractivity contribution in [2.45, 2.75) is 89.9 Å². The zero-order valence-corrected chi connectivity index (χ0v) is 41.3. The molecule has 0 saturated carbocycles. The molecule has 1 fully saturated rings. The zero-order valence-electron chi connectivity index (χ0n) is 37.3. The van der Waals surface area contributed by atoms with Gasteiger partial charge >= 0.3 is 34.2 Å². The lowest BCUT2D eigenvalue weighted by atomic mass is 10.2. The highest BCUT2D eigenvalue weighted by Crippen LogP contribution is 2.40. The molecule has 0 aromatic heterocycles. The monoisotopic (exact) mass is 928 g/mol. The number of benzene rings is 4. The number of hydrogen-bond donors (Lipinski definition) is 4. The van der Waals surface area contributed by atoms with Crippen LogP contribution in [0.5, 0.6) is 57.5 Å². The Kier molecular flexibility index (Phi) is 17.1. The van der Waals surface area contributed by atoms with Gasteiger partial charge in [-0.1, -0.05) is 0 Å². The van der Waals surface area contributed by atoms with Crippen LogP contribution >= 0.6 is 0 Å². The van der Waals surface area contributed by atoms with Gasteiger partial charge in [0.25, 0.3) is 0 Å². The van der Waals surface area contributed by atoms with Gasteiger partial charge in [0, 0.05) is 12.1 Å². The van der Waals surface area contributed by atoms with Crippen molar-refractivity contribution in [3.05, 3.63) is 83.9 Å². The molecule has 1 heterocycles. The van der Waals surface area contributed by atoms with E-state index in [1.54, 1.807) is 60.7 Å². The molecule has 62 heavy (non-hydrogen) atoms. The molecule has 0 amide bonds. The first-order valence-electron chi connectivity index (χ1n) is 21.1. The van der Waals surface area contributed by atoms with E-state index in [0.717, 1.165) is 11.1 Å². The number of aromatic hydroxyl groups is 4. The predicted octanol–water partition coefficient (Wildman–Crippen LogP) is 9.69. The summed E-state index contributed by atoms with van der Waals surface area (Å²) in [5.41, 5.74) is 1.48. The van der Waals surface area contributed by atoms with Gasteiger partial charge in [-0.15, -0.1) is 0 Å². The van der Waals surface area contributed by atoms with Crippen molar-refractivity contribution in [2.24, 2.45) is 0 Å². The molecule has 0 spiro atoms. The normalized spacial score (nSPS) is 22.6. The molecule has 340 valence electrons. The van der Waals surface area contributed by atoms with Crippen LogP contribution in [0.1, 0.15) is 36.8 Å². The zero-order chi connectivity index (χ0) is 45.0. The minimum absolute atomic E-state index is 0.0388. The Morgan fingerprint density at radius 2 is 0.661 bits per heavy atom.